The molecule has 0 aliphatic heterocycles. The van der Waals surface area contributed by atoms with Crippen molar-refractivity contribution < 1.29 is 0 Å². The number of nitrogens with zero attached hydrogens (tertiary/aromatic N) is 2. The van der Waals surface area contributed by atoms with Crippen molar-refractivity contribution in [1.29, 1.82) is 0 Å². The van der Waals surface area contributed by atoms with Crippen LogP contribution in [-0.2, 0) is 6.42 Å². The molecule has 2 nitrogen and oxygen atoms in total. The highest BCUT2D eigenvalue weighted by atomic mass is 15.1. The molecule has 0 spiro atoms. The molecule has 0 amide bonds. The number of rotatable bonds is 11. The molecule has 0 bridgehead atoms. The first-order chi connectivity index (χ1) is 11.3. The number of hydrogen-bond donors (Lipinski definition) is 0. The van der Waals surface area contributed by atoms with Crippen LogP contribution in [0.1, 0.15) is 70.4 Å². The molecule has 1 heterocycles. The van der Waals surface area contributed by atoms with Gasteiger partial charge in [0.1, 0.15) is 0 Å². The Bertz CT molecular complexity index is 504. The van der Waals surface area contributed by atoms with Crippen LogP contribution in [0.15, 0.2) is 49.1 Å². The van der Waals surface area contributed by atoms with Crippen molar-refractivity contribution in [2.75, 3.05) is 0 Å². The van der Waals surface area contributed by atoms with E-state index in [1.807, 2.05) is 12.5 Å². The van der Waals surface area contributed by atoms with E-state index in [0.29, 0.717) is 12.0 Å². The van der Waals surface area contributed by atoms with Gasteiger partial charge in [-0.1, -0.05) is 76.3 Å². The van der Waals surface area contributed by atoms with Gasteiger partial charge in [0, 0.05) is 18.4 Å². The van der Waals surface area contributed by atoms with E-state index in [2.05, 4.69) is 59.9 Å². The second kappa shape index (κ2) is 10.3. The Balaban J connectivity index is 2.00. The molecule has 0 N–H and O–H groups in total. The summed E-state index contributed by atoms with van der Waals surface area (Å²) in [6, 6.07) is 11.5. The minimum Gasteiger partial charge on any atom is -0.334 e. The first kappa shape index (κ1) is 17.8. The van der Waals surface area contributed by atoms with Crippen LogP contribution in [0.4, 0.5) is 0 Å². The fourth-order valence-electron chi connectivity index (χ4n) is 3.61. The van der Waals surface area contributed by atoms with Crippen LogP contribution in [0.3, 0.4) is 0 Å². The lowest BCUT2D eigenvalue weighted by Crippen LogP contribution is -2.20. The molecule has 2 unspecified atom stereocenters. The monoisotopic (exact) mass is 312 g/mol. The molecule has 2 atom stereocenters. The van der Waals surface area contributed by atoms with E-state index < -0.39 is 0 Å². The van der Waals surface area contributed by atoms with E-state index in [1.54, 1.807) is 0 Å². The maximum Gasteiger partial charge on any atom is 0.0948 e. The summed E-state index contributed by atoms with van der Waals surface area (Å²) in [7, 11) is 0. The lowest BCUT2D eigenvalue weighted by molar-refractivity contribution is 0.290. The van der Waals surface area contributed by atoms with Gasteiger partial charge in [0.15, 0.2) is 0 Å². The summed E-state index contributed by atoms with van der Waals surface area (Å²) >= 11 is 0. The average Bonchev–Trinajstić information content (AvgIpc) is 3.10. The first-order valence-corrected chi connectivity index (χ1v) is 9.36. The largest absolute Gasteiger partial charge is 0.334 e. The molecule has 2 heteroatoms. The second-order valence-corrected chi connectivity index (χ2v) is 6.64. The van der Waals surface area contributed by atoms with Gasteiger partial charge in [-0.2, -0.15) is 0 Å². The van der Waals surface area contributed by atoms with Crippen molar-refractivity contribution in [1.82, 2.24) is 9.55 Å². The van der Waals surface area contributed by atoms with Gasteiger partial charge in [-0.25, -0.2) is 4.98 Å². The predicted octanol–water partition coefficient (Wildman–Crippen LogP) is 6.05. The summed E-state index contributed by atoms with van der Waals surface area (Å²) in [5.74, 6) is 0.693. The zero-order valence-electron chi connectivity index (χ0n) is 14.8. The van der Waals surface area contributed by atoms with E-state index >= 15 is 0 Å². The van der Waals surface area contributed by atoms with Crippen LogP contribution in [0.25, 0.3) is 0 Å². The average molecular weight is 313 g/mol. The molecular formula is C21H32N2. The van der Waals surface area contributed by atoms with Crippen molar-refractivity contribution in [3.05, 3.63) is 54.6 Å². The van der Waals surface area contributed by atoms with Gasteiger partial charge < -0.3 is 4.57 Å². The highest BCUT2D eigenvalue weighted by molar-refractivity contribution is 5.15. The Kier molecular flexibility index (Phi) is 7.92. The maximum absolute atomic E-state index is 4.26. The van der Waals surface area contributed by atoms with E-state index in [-0.39, 0.29) is 0 Å². The standard InChI is InChI=1S/C21H32N2/c1-3-5-6-7-11-14-20(17-19-12-9-8-10-13-19)21(4-2)23-16-15-22-18-23/h8-10,12-13,15-16,18,20-21H,3-7,11,14,17H2,1-2H3. The molecule has 126 valence electrons. The molecule has 0 saturated carbocycles. The predicted molar refractivity (Wildman–Crippen MR) is 98.6 cm³/mol. The molecule has 0 fully saturated rings. The van der Waals surface area contributed by atoms with Crippen LogP contribution in [0.5, 0.6) is 0 Å². The Labute approximate surface area is 142 Å². The summed E-state index contributed by atoms with van der Waals surface area (Å²) in [4.78, 5) is 4.26. The van der Waals surface area contributed by atoms with Crippen LogP contribution in [0, 0.1) is 5.92 Å². The lowest BCUT2D eigenvalue weighted by atomic mass is 9.86. The van der Waals surface area contributed by atoms with Gasteiger partial charge in [0.2, 0.25) is 0 Å². The topological polar surface area (TPSA) is 17.8 Å². The zero-order chi connectivity index (χ0) is 16.3. The smallest absolute Gasteiger partial charge is 0.0948 e. The lowest BCUT2D eigenvalue weighted by Gasteiger charge is -2.28. The highest BCUT2D eigenvalue weighted by Crippen LogP contribution is 2.30. The Morgan fingerprint density at radius 3 is 2.43 bits per heavy atom. The Morgan fingerprint density at radius 2 is 1.78 bits per heavy atom. The Morgan fingerprint density at radius 1 is 1.00 bits per heavy atom. The van der Waals surface area contributed by atoms with E-state index in [9.17, 15) is 0 Å². The zero-order valence-corrected chi connectivity index (χ0v) is 14.8. The van der Waals surface area contributed by atoms with Crippen LogP contribution >= 0.6 is 0 Å². The normalized spacial score (nSPS) is 13.8. The maximum atomic E-state index is 4.26. The molecule has 2 aromatic rings. The van der Waals surface area contributed by atoms with Crippen molar-refractivity contribution in [3.63, 3.8) is 0 Å². The molecule has 1 aromatic heterocycles. The second-order valence-electron chi connectivity index (χ2n) is 6.64. The summed E-state index contributed by atoms with van der Waals surface area (Å²) in [6.45, 7) is 4.59. The molecule has 23 heavy (non-hydrogen) atoms. The van der Waals surface area contributed by atoms with E-state index in [1.165, 1.54) is 56.9 Å². The van der Waals surface area contributed by atoms with Gasteiger partial charge in [-0.3, -0.25) is 0 Å². The Hall–Kier alpha value is -1.57. The van der Waals surface area contributed by atoms with Gasteiger partial charge in [-0.05, 0) is 30.7 Å². The SMILES string of the molecule is CCCCCCCC(Cc1ccccc1)C(CC)n1ccnc1. The molecule has 0 aliphatic carbocycles. The molecule has 0 radical (unpaired) electrons. The third-order valence-corrected chi connectivity index (χ3v) is 4.89. The third kappa shape index (κ3) is 5.85. The minimum atomic E-state index is 0.559. The molecular weight excluding hydrogens is 280 g/mol. The summed E-state index contributed by atoms with van der Waals surface area (Å²) in [6.07, 6.45) is 16.5. The van der Waals surface area contributed by atoms with Crippen molar-refractivity contribution in [2.24, 2.45) is 5.92 Å². The summed E-state index contributed by atoms with van der Waals surface area (Å²) in [5, 5.41) is 0. The number of unbranched alkanes of at least 4 members (excludes halogenated alkanes) is 4. The number of benzene rings is 1. The van der Waals surface area contributed by atoms with Gasteiger partial charge in [-0.15, -0.1) is 0 Å². The number of imidazole rings is 1. The number of aromatic nitrogens is 2. The summed E-state index contributed by atoms with van der Waals surface area (Å²) < 4.78 is 2.32. The van der Waals surface area contributed by atoms with E-state index in [4.69, 9.17) is 0 Å². The molecule has 2 rings (SSSR count). The van der Waals surface area contributed by atoms with Gasteiger partial charge >= 0.3 is 0 Å². The molecule has 0 saturated heterocycles. The fourth-order valence-corrected chi connectivity index (χ4v) is 3.61. The van der Waals surface area contributed by atoms with Crippen molar-refractivity contribution in [2.45, 2.75) is 71.3 Å². The van der Waals surface area contributed by atoms with Crippen LogP contribution in [0.2, 0.25) is 0 Å². The molecule has 0 aliphatic rings. The first-order valence-electron chi connectivity index (χ1n) is 9.36. The minimum absolute atomic E-state index is 0.559. The van der Waals surface area contributed by atoms with Crippen LogP contribution < -0.4 is 0 Å². The van der Waals surface area contributed by atoms with Crippen molar-refractivity contribution in [3.8, 4) is 0 Å². The van der Waals surface area contributed by atoms with E-state index in [0.717, 1.165) is 0 Å². The quantitative estimate of drug-likeness (QED) is 0.461. The number of hydrogen-bond acceptors (Lipinski definition) is 1. The van der Waals surface area contributed by atoms with Gasteiger partial charge in [0.05, 0.1) is 6.33 Å². The van der Waals surface area contributed by atoms with Crippen LogP contribution in [-0.4, -0.2) is 9.55 Å². The fraction of sp³-hybridized carbons (Fsp3) is 0.571. The third-order valence-electron chi connectivity index (χ3n) is 4.89. The highest BCUT2D eigenvalue weighted by Gasteiger charge is 2.21. The summed E-state index contributed by atoms with van der Waals surface area (Å²) in [5.41, 5.74) is 1.46. The molecule has 1 aromatic carbocycles. The van der Waals surface area contributed by atoms with Gasteiger partial charge in [0.25, 0.3) is 0 Å². The van der Waals surface area contributed by atoms with Crippen molar-refractivity contribution >= 4 is 0 Å².